The molecular weight excluding hydrogens is 593 g/mol. The molecule has 1 heterocycles. The Bertz CT molecular complexity index is 3870. The maximum Gasteiger partial charge on any atom is 0.143 e. The third-order valence-corrected chi connectivity index (χ3v) is 8.63. The molecule has 1 nitrogen and oxygen atoms in total. The minimum absolute atomic E-state index is 0.139. The van der Waals surface area contributed by atoms with Crippen molar-refractivity contribution >= 4 is 54.3 Å². The highest BCUT2D eigenvalue weighted by Crippen LogP contribution is 2.45. The average Bonchev–Trinajstić information content (AvgIpc) is 3.71. The Kier molecular flexibility index (Phi) is 3.34. The highest BCUT2D eigenvalue weighted by Gasteiger charge is 2.18. The van der Waals surface area contributed by atoms with Crippen molar-refractivity contribution in [3.63, 3.8) is 0 Å². The summed E-state index contributed by atoms with van der Waals surface area (Å²) in [5, 5.41) is -2.01. The molecule has 49 heavy (non-hydrogen) atoms. The normalized spacial score (nSPS) is 17.1. The molecule has 1 heteroatoms. The lowest BCUT2D eigenvalue weighted by Crippen LogP contribution is -1.91. The summed E-state index contributed by atoms with van der Waals surface area (Å²) in [6.45, 7) is 0. The quantitative estimate of drug-likeness (QED) is 0.174. The van der Waals surface area contributed by atoms with E-state index in [0.29, 0.717) is 16.4 Å². The van der Waals surface area contributed by atoms with Crippen molar-refractivity contribution in [2.75, 3.05) is 0 Å². The molecule has 10 rings (SSSR count). The van der Waals surface area contributed by atoms with E-state index in [-0.39, 0.29) is 16.7 Å². The van der Waals surface area contributed by atoms with Gasteiger partial charge in [0, 0.05) is 16.3 Å². The Morgan fingerprint density at radius 1 is 0.388 bits per heavy atom. The lowest BCUT2D eigenvalue weighted by Gasteiger charge is -2.18. The van der Waals surface area contributed by atoms with Crippen molar-refractivity contribution in [1.29, 1.82) is 0 Å². The monoisotopic (exact) mass is 641 g/mol. The lowest BCUT2D eigenvalue weighted by atomic mass is 9.85. The molecule has 0 saturated heterocycles. The third-order valence-electron chi connectivity index (χ3n) is 8.63. The van der Waals surface area contributed by atoms with Crippen LogP contribution in [0.2, 0.25) is 0 Å². The van der Waals surface area contributed by atoms with Gasteiger partial charge in [-0.3, -0.25) is 0 Å². The van der Waals surface area contributed by atoms with E-state index in [2.05, 4.69) is 0 Å². The summed E-state index contributed by atoms with van der Waals surface area (Å²) in [7, 11) is 0. The molecule has 228 valence electrons. The fourth-order valence-corrected chi connectivity index (χ4v) is 6.44. The van der Waals surface area contributed by atoms with Crippen LogP contribution in [0.3, 0.4) is 0 Å². The second kappa shape index (κ2) is 11.1. The third kappa shape index (κ3) is 4.47. The largest absolute Gasteiger partial charge is 0.455 e. The summed E-state index contributed by atoms with van der Waals surface area (Å²) >= 11 is 0. The van der Waals surface area contributed by atoms with Crippen LogP contribution in [0.25, 0.3) is 98.8 Å². The fraction of sp³-hybridized carbons (Fsp3) is 0. The van der Waals surface area contributed by atoms with Gasteiger partial charge in [-0.05, 0) is 95.5 Å². The van der Waals surface area contributed by atoms with E-state index in [1.807, 2.05) is 48.5 Å². The van der Waals surface area contributed by atoms with Crippen molar-refractivity contribution < 1.29 is 30.5 Å². The molecule has 0 atom stereocenters. The number of benzene rings is 9. The molecule has 0 saturated carbocycles. The number of hydrogen-bond acceptors (Lipinski definition) is 1. The van der Waals surface area contributed by atoms with Gasteiger partial charge < -0.3 is 4.42 Å². The Hall–Kier alpha value is -6.44. The van der Waals surface area contributed by atoms with Crippen molar-refractivity contribution in [3.05, 3.63) is 182 Å². The molecule has 0 aliphatic heterocycles. The van der Waals surface area contributed by atoms with Crippen molar-refractivity contribution in [2.24, 2.45) is 0 Å². The lowest BCUT2D eigenvalue weighted by molar-refractivity contribution is 0.670. The van der Waals surface area contributed by atoms with Gasteiger partial charge in [-0.15, -0.1) is 0 Å². The standard InChI is InChI=1S/C48H30O/c1-2-12-31(13-3-1)34-26-27-39-44-23-11-22-38(48(44)49-45(39)30-34)35-16-10-17-36(29-35)46-40-18-6-8-20-42(40)47(43-21-9-7-19-41(43)46)37-25-24-32-14-4-5-15-33(32)28-37/h1-30H/i4D,5D,6D,7D,8D,9D,10D,14D,15D,16D,17D,18D,19D,20D,21D,24D,25D,28D,29D. The van der Waals surface area contributed by atoms with Gasteiger partial charge in [0.05, 0.1) is 26.0 Å². The predicted octanol–water partition coefficient (Wildman–Crippen LogP) is 13.7. The first-order chi connectivity index (χ1) is 32.2. The van der Waals surface area contributed by atoms with Gasteiger partial charge in [-0.25, -0.2) is 0 Å². The molecule has 1 aromatic heterocycles. The molecule has 0 unspecified atom stereocenters. The molecule has 9 aromatic carbocycles. The van der Waals surface area contributed by atoms with Crippen LogP contribution in [0.1, 0.15) is 26.0 Å². The first-order valence-corrected chi connectivity index (χ1v) is 15.3. The maximum atomic E-state index is 9.93. The Morgan fingerprint density at radius 2 is 1.04 bits per heavy atom. The van der Waals surface area contributed by atoms with Gasteiger partial charge in [0.2, 0.25) is 0 Å². The highest BCUT2D eigenvalue weighted by molar-refractivity contribution is 6.22. The topological polar surface area (TPSA) is 13.1 Å². The van der Waals surface area contributed by atoms with Gasteiger partial charge in [0.15, 0.2) is 0 Å². The van der Waals surface area contributed by atoms with Gasteiger partial charge in [0.1, 0.15) is 11.2 Å². The average molecular weight is 642 g/mol. The molecule has 0 radical (unpaired) electrons. The van der Waals surface area contributed by atoms with Gasteiger partial charge >= 0.3 is 0 Å². The maximum absolute atomic E-state index is 9.93. The smallest absolute Gasteiger partial charge is 0.143 e. The Morgan fingerprint density at radius 3 is 1.78 bits per heavy atom. The van der Waals surface area contributed by atoms with Crippen LogP contribution in [0.4, 0.5) is 0 Å². The van der Waals surface area contributed by atoms with Crippen LogP contribution >= 0.6 is 0 Å². The number of rotatable bonds is 4. The summed E-state index contributed by atoms with van der Waals surface area (Å²) in [5.41, 5.74) is 0.0202. The van der Waals surface area contributed by atoms with Crippen LogP contribution in [0, 0.1) is 0 Å². The van der Waals surface area contributed by atoms with Crippen LogP contribution < -0.4 is 0 Å². The second-order valence-corrected chi connectivity index (χ2v) is 11.4. The van der Waals surface area contributed by atoms with E-state index in [0.717, 1.165) is 11.1 Å². The number of fused-ring (bicyclic) bond motifs is 6. The first-order valence-electron chi connectivity index (χ1n) is 24.8. The van der Waals surface area contributed by atoms with E-state index in [4.69, 9.17) is 16.8 Å². The van der Waals surface area contributed by atoms with Crippen molar-refractivity contribution in [1.82, 2.24) is 0 Å². The Labute approximate surface area is 311 Å². The molecule has 0 aliphatic rings. The molecule has 0 bridgehead atoms. The van der Waals surface area contributed by atoms with Crippen LogP contribution in [-0.4, -0.2) is 0 Å². The highest BCUT2D eigenvalue weighted by atomic mass is 16.3. The molecule has 0 spiro atoms. The first kappa shape index (κ1) is 14.8. The second-order valence-electron chi connectivity index (χ2n) is 11.4. The van der Waals surface area contributed by atoms with Crippen molar-refractivity contribution in [3.8, 4) is 44.5 Å². The van der Waals surface area contributed by atoms with Gasteiger partial charge in [0.25, 0.3) is 0 Å². The minimum Gasteiger partial charge on any atom is -0.455 e. The summed E-state index contributed by atoms with van der Waals surface area (Å²) in [4.78, 5) is 0. The molecular formula is C48H30O. The molecule has 0 aliphatic carbocycles. The summed E-state index contributed by atoms with van der Waals surface area (Å²) < 4.78 is 179. The van der Waals surface area contributed by atoms with Gasteiger partial charge in [-0.2, -0.15) is 0 Å². The van der Waals surface area contributed by atoms with Crippen LogP contribution in [0.15, 0.2) is 186 Å². The molecule has 0 N–H and O–H groups in total. The molecule has 0 amide bonds. The van der Waals surface area contributed by atoms with E-state index in [9.17, 15) is 13.7 Å². The van der Waals surface area contributed by atoms with E-state index in [1.54, 1.807) is 18.2 Å². The van der Waals surface area contributed by atoms with Crippen molar-refractivity contribution in [2.45, 2.75) is 0 Å². The fourth-order valence-electron chi connectivity index (χ4n) is 6.44. The predicted molar refractivity (Wildman–Crippen MR) is 208 cm³/mol. The zero-order valence-corrected chi connectivity index (χ0v) is 25.3. The molecule has 0 fully saturated rings. The summed E-state index contributed by atoms with van der Waals surface area (Å²) in [6.07, 6.45) is 0. The van der Waals surface area contributed by atoms with E-state index < -0.39 is 169 Å². The SMILES string of the molecule is [2H]c1c([2H])c(-c2cccc3c2oc2cc(-c4ccccc4)ccc23)c([2H])c(-c2c3c([2H])c([2H])c([2H])c([2H])c3c(-c3c([2H])c([2H])c4c([2H])c([2H])c([2H])c([2H])c4c3[2H])c3c([2H])c([2H])c([2H])c([2H])c23)c1[2H]. The minimum atomic E-state index is -0.867. The zero-order chi connectivity index (χ0) is 48.8. The van der Waals surface area contributed by atoms with Crippen LogP contribution in [-0.2, 0) is 0 Å². The number of para-hydroxylation sites is 1. The number of furan rings is 1. The Balaban J connectivity index is 1.41. The van der Waals surface area contributed by atoms with E-state index in [1.165, 1.54) is 0 Å². The van der Waals surface area contributed by atoms with Gasteiger partial charge in [-0.1, -0.05) is 157 Å². The molecule has 10 aromatic rings. The summed E-state index contributed by atoms with van der Waals surface area (Å²) in [5.74, 6) is 0. The number of hydrogen-bond donors (Lipinski definition) is 0. The van der Waals surface area contributed by atoms with E-state index >= 15 is 0 Å². The van der Waals surface area contributed by atoms with Crippen LogP contribution in [0.5, 0.6) is 0 Å². The summed E-state index contributed by atoms with van der Waals surface area (Å²) in [6, 6.07) is 5.03. The zero-order valence-electron chi connectivity index (χ0n) is 44.3.